The number of anilines is 2. The molecular formula is C14H20Cl2N6. The molecule has 0 saturated carbocycles. The molecule has 2 aromatic rings. The molecule has 0 radical (unpaired) electrons. The van der Waals surface area contributed by atoms with Gasteiger partial charge in [-0.05, 0) is 6.07 Å². The van der Waals surface area contributed by atoms with Crippen LogP contribution in [0.2, 0.25) is 10.2 Å². The van der Waals surface area contributed by atoms with Crippen LogP contribution in [0, 0.1) is 0 Å². The summed E-state index contributed by atoms with van der Waals surface area (Å²) in [6.07, 6.45) is 0. The van der Waals surface area contributed by atoms with Gasteiger partial charge in [-0.2, -0.15) is 15.0 Å². The van der Waals surface area contributed by atoms with Crippen molar-refractivity contribution in [2.45, 2.75) is 26.3 Å². The Hall–Kier alpha value is -1.53. The van der Waals surface area contributed by atoms with E-state index < -0.39 is 0 Å². The zero-order chi connectivity index (χ0) is 16.4. The van der Waals surface area contributed by atoms with Crippen LogP contribution in [0.1, 0.15) is 31.3 Å². The second-order valence-corrected chi connectivity index (χ2v) is 6.32. The highest BCUT2D eigenvalue weighted by atomic mass is 35.5. The molecule has 22 heavy (non-hydrogen) atoms. The Morgan fingerprint density at radius 1 is 1.23 bits per heavy atom. The van der Waals surface area contributed by atoms with Crippen LogP contribution >= 0.6 is 23.2 Å². The standard InChI is InChI=1S/C14H20Cl2N6/c1-8(2)12-18-13(20-14(19-12)21(3)4)17-7-9-6-10(15)11(16)22(9)5/h6,8H,7H2,1-5H3,(H,17,18,19,20). The minimum Gasteiger partial charge on any atom is -0.348 e. The van der Waals surface area contributed by atoms with Crippen LogP contribution in [0.3, 0.4) is 0 Å². The van der Waals surface area contributed by atoms with E-state index in [0.717, 1.165) is 11.5 Å². The summed E-state index contributed by atoms with van der Waals surface area (Å²) in [6, 6.07) is 1.83. The third kappa shape index (κ3) is 3.62. The van der Waals surface area contributed by atoms with Gasteiger partial charge in [-0.3, -0.25) is 0 Å². The predicted molar refractivity (Wildman–Crippen MR) is 91.0 cm³/mol. The highest BCUT2D eigenvalue weighted by Gasteiger charge is 2.12. The molecule has 0 spiro atoms. The quantitative estimate of drug-likeness (QED) is 0.903. The van der Waals surface area contributed by atoms with Crippen LogP contribution in [0.25, 0.3) is 0 Å². The molecule has 6 nitrogen and oxygen atoms in total. The van der Waals surface area contributed by atoms with Gasteiger partial charge in [0.15, 0.2) is 0 Å². The lowest BCUT2D eigenvalue weighted by Crippen LogP contribution is -2.17. The number of rotatable bonds is 5. The molecule has 0 fully saturated rings. The van der Waals surface area contributed by atoms with E-state index in [0.29, 0.717) is 28.6 Å². The minimum absolute atomic E-state index is 0.223. The Morgan fingerprint density at radius 3 is 2.41 bits per heavy atom. The Morgan fingerprint density at radius 2 is 1.91 bits per heavy atom. The zero-order valence-corrected chi connectivity index (χ0v) is 14.9. The maximum Gasteiger partial charge on any atom is 0.229 e. The van der Waals surface area contributed by atoms with E-state index in [1.54, 1.807) is 0 Å². The van der Waals surface area contributed by atoms with Gasteiger partial charge in [0.1, 0.15) is 11.0 Å². The molecule has 1 N–H and O–H groups in total. The number of nitrogens with one attached hydrogen (secondary N) is 1. The summed E-state index contributed by atoms with van der Waals surface area (Å²) >= 11 is 12.1. The largest absolute Gasteiger partial charge is 0.348 e. The molecular weight excluding hydrogens is 323 g/mol. The van der Waals surface area contributed by atoms with E-state index in [-0.39, 0.29) is 5.92 Å². The van der Waals surface area contributed by atoms with E-state index in [1.165, 1.54) is 0 Å². The molecule has 0 saturated heterocycles. The number of halogens is 2. The number of aromatic nitrogens is 4. The normalized spacial score (nSPS) is 11.1. The van der Waals surface area contributed by atoms with Crippen molar-refractivity contribution >= 4 is 35.1 Å². The van der Waals surface area contributed by atoms with E-state index in [4.69, 9.17) is 23.2 Å². The average Bonchev–Trinajstić information content (AvgIpc) is 2.72. The van der Waals surface area contributed by atoms with Crippen molar-refractivity contribution in [2.24, 2.45) is 7.05 Å². The Kier molecular flexibility index (Phi) is 5.13. The van der Waals surface area contributed by atoms with Crippen LogP contribution in [-0.2, 0) is 13.6 Å². The molecule has 2 aromatic heterocycles. The van der Waals surface area contributed by atoms with Gasteiger partial charge in [0.05, 0.1) is 11.6 Å². The SMILES string of the molecule is CC(C)c1nc(NCc2cc(Cl)c(Cl)n2C)nc(N(C)C)n1. The monoisotopic (exact) mass is 342 g/mol. The first kappa shape index (κ1) is 16.8. The zero-order valence-electron chi connectivity index (χ0n) is 13.4. The van der Waals surface area contributed by atoms with Crippen LogP contribution in [0.4, 0.5) is 11.9 Å². The fraction of sp³-hybridized carbons (Fsp3) is 0.500. The molecule has 120 valence electrons. The minimum atomic E-state index is 0.223. The van der Waals surface area contributed by atoms with Crippen molar-refractivity contribution in [3.8, 4) is 0 Å². The van der Waals surface area contributed by atoms with Crippen LogP contribution < -0.4 is 10.2 Å². The summed E-state index contributed by atoms with van der Waals surface area (Å²) in [5, 5.41) is 4.26. The van der Waals surface area contributed by atoms with Gasteiger partial charge >= 0.3 is 0 Å². The average molecular weight is 343 g/mol. The molecule has 0 aliphatic rings. The summed E-state index contributed by atoms with van der Waals surface area (Å²) in [5.41, 5.74) is 0.952. The predicted octanol–water partition coefficient (Wildman–Crippen LogP) is 3.32. The molecule has 0 unspecified atom stereocenters. The first-order valence-corrected chi connectivity index (χ1v) is 7.72. The fourth-order valence-corrected chi connectivity index (χ4v) is 2.26. The molecule has 0 aromatic carbocycles. The first-order chi connectivity index (χ1) is 10.3. The van der Waals surface area contributed by atoms with Crippen molar-refractivity contribution in [3.05, 3.63) is 27.8 Å². The molecule has 0 aliphatic carbocycles. The van der Waals surface area contributed by atoms with E-state index in [9.17, 15) is 0 Å². The van der Waals surface area contributed by atoms with Crippen molar-refractivity contribution in [1.29, 1.82) is 0 Å². The molecule has 0 atom stereocenters. The summed E-state index contributed by atoms with van der Waals surface area (Å²) in [7, 11) is 5.67. The van der Waals surface area contributed by atoms with Gasteiger partial charge in [-0.15, -0.1) is 0 Å². The van der Waals surface area contributed by atoms with Gasteiger partial charge < -0.3 is 14.8 Å². The maximum absolute atomic E-state index is 6.07. The molecule has 0 amide bonds. The van der Waals surface area contributed by atoms with Gasteiger partial charge in [-0.25, -0.2) is 0 Å². The number of hydrogen-bond acceptors (Lipinski definition) is 5. The summed E-state index contributed by atoms with van der Waals surface area (Å²) in [6.45, 7) is 4.63. The highest BCUT2D eigenvalue weighted by Crippen LogP contribution is 2.25. The van der Waals surface area contributed by atoms with Crippen molar-refractivity contribution in [2.75, 3.05) is 24.3 Å². The van der Waals surface area contributed by atoms with Crippen molar-refractivity contribution in [3.63, 3.8) is 0 Å². The van der Waals surface area contributed by atoms with Crippen LogP contribution in [0.15, 0.2) is 6.07 Å². The summed E-state index contributed by atoms with van der Waals surface area (Å²) in [5.74, 6) is 2.14. The first-order valence-electron chi connectivity index (χ1n) is 6.96. The van der Waals surface area contributed by atoms with Gasteiger partial charge in [0, 0.05) is 32.8 Å². The molecule has 0 bridgehead atoms. The Balaban J connectivity index is 2.23. The van der Waals surface area contributed by atoms with Crippen LogP contribution in [0.5, 0.6) is 0 Å². The maximum atomic E-state index is 6.07. The van der Waals surface area contributed by atoms with Gasteiger partial charge in [0.25, 0.3) is 0 Å². The Labute approximate surface area is 140 Å². The summed E-state index contributed by atoms with van der Waals surface area (Å²) < 4.78 is 1.83. The molecule has 8 heteroatoms. The smallest absolute Gasteiger partial charge is 0.229 e. The lowest BCUT2D eigenvalue weighted by Gasteiger charge is -2.15. The van der Waals surface area contributed by atoms with E-state index in [1.807, 2.05) is 36.7 Å². The fourth-order valence-electron chi connectivity index (χ4n) is 1.85. The Bertz CT molecular complexity index is 639. The molecule has 0 aliphatic heterocycles. The van der Waals surface area contributed by atoms with Crippen molar-refractivity contribution < 1.29 is 0 Å². The molecule has 2 heterocycles. The van der Waals surface area contributed by atoms with E-state index in [2.05, 4.69) is 34.1 Å². The number of nitrogens with zero attached hydrogens (tertiary/aromatic N) is 5. The lowest BCUT2D eigenvalue weighted by atomic mass is 10.2. The van der Waals surface area contributed by atoms with E-state index >= 15 is 0 Å². The molecule has 2 rings (SSSR count). The second kappa shape index (κ2) is 6.71. The second-order valence-electron chi connectivity index (χ2n) is 5.55. The van der Waals surface area contributed by atoms with Crippen molar-refractivity contribution in [1.82, 2.24) is 19.5 Å². The summed E-state index contributed by atoms with van der Waals surface area (Å²) in [4.78, 5) is 15.2. The topological polar surface area (TPSA) is 58.9 Å². The number of hydrogen-bond donors (Lipinski definition) is 1. The van der Waals surface area contributed by atoms with Gasteiger partial charge in [-0.1, -0.05) is 37.0 Å². The van der Waals surface area contributed by atoms with Gasteiger partial charge in [0.2, 0.25) is 11.9 Å². The third-order valence-electron chi connectivity index (χ3n) is 3.20. The lowest BCUT2D eigenvalue weighted by molar-refractivity contribution is 0.751. The highest BCUT2D eigenvalue weighted by molar-refractivity contribution is 6.41. The van der Waals surface area contributed by atoms with Crippen LogP contribution in [-0.4, -0.2) is 33.6 Å². The third-order valence-corrected chi connectivity index (χ3v) is 4.04.